The zero-order valence-electron chi connectivity index (χ0n) is 21.1. The molecule has 5 aromatic rings. The molecule has 1 heterocycles. The maximum atomic E-state index is 10.3. The van der Waals surface area contributed by atoms with E-state index in [2.05, 4.69) is 53.5 Å². The first-order chi connectivity index (χ1) is 17.8. The molecule has 2 N–H and O–H groups in total. The third-order valence-corrected chi connectivity index (χ3v) is 7.48. The van der Waals surface area contributed by atoms with Crippen molar-refractivity contribution in [3.63, 3.8) is 0 Å². The second-order valence-electron chi connectivity index (χ2n) is 11.0. The molecule has 37 heavy (non-hydrogen) atoms. The summed E-state index contributed by atoms with van der Waals surface area (Å²) in [5.74, 6) is 1.33. The van der Waals surface area contributed by atoms with Crippen molar-refractivity contribution < 1.29 is 5.11 Å². The van der Waals surface area contributed by atoms with E-state index in [1.54, 1.807) is 18.2 Å². The number of rotatable bonds is 6. The molecule has 0 spiro atoms. The van der Waals surface area contributed by atoms with Crippen molar-refractivity contribution in [1.82, 2.24) is 9.97 Å². The minimum Gasteiger partial charge on any atom is -0.390 e. The molecule has 1 fully saturated rings. The molecule has 0 atom stereocenters. The Morgan fingerprint density at radius 1 is 0.919 bits per heavy atom. The molecule has 0 unspecified atom stereocenters. The number of hydrogen-bond acceptors (Lipinski definition) is 4. The molecule has 0 amide bonds. The molecule has 5 nitrogen and oxygen atoms in total. The molecule has 1 aliphatic carbocycles. The highest BCUT2D eigenvalue weighted by atomic mass is 16.3. The van der Waals surface area contributed by atoms with Crippen LogP contribution in [-0.2, 0) is 12.8 Å². The quantitative estimate of drug-likeness (QED) is 0.255. The Balaban J connectivity index is 1.62. The number of fused-ring (bicyclic) bond motifs is 6. The Labute approximate surface area is 216 Å². The predicted octanol–water partition coefficient (Wildman–Crippen LogP) is 6.94. The molecular weight excluding hydrogens is 456 g/mol. The van der Waals surface area contributed by atoms with Crippen LogP contribution in [0.1, 0.15) is 55.4 Å². The van der Waals surface area contributed by atoms with Gasteiger partial charge in [-0.2, -0.15) is 10.5 Å². The highest BCUT2D eigenvalue weighted by Crippen LogP contribution is 2.39. The summed E-state index contributed by atoms with van der Waals surface area (Å²) in [4.78, 5) is 8.46. The molecule has 1 aliphatic rings. The summed E-state index contributed by atoms with van der Waals surface area (Å²) >= 11 is 0. The zero-order valence-corrected chi connectivity index (χ0v) is 21.1. The maximum absolute atomic E-state index is 10.3. The van der Waals surface area contributed by atoms with Gasteiger partial charge in [-0.15, -0.1) is 0 Å². The average molecular weight is 485 g/mol. The third-order valence-electron chi connectivity index (χ3n) is 7.48. The summed E-state index contributed by atoms with van der Waals surface area (Å²) in [6.07, 6.45) is 5.18. The molecule has 4 aromatic carbocycles. The van der Waals surface area contributed by atoms with Crippen LogP contribution in [0, 0.1) is 28.6 Å². The molecular formula is C32H28N4O. The molecule has 182 valence electrons. The lowest BCUT2D eigenvalue weighted by atomic mass is 9.93. The lowest BCUT2D eigenvalue weighted by Gasteiger charge is -2.17. The van der Waals surface area contributed by atoms with Gasteiger partial charge in [-0.3, -0.25) is 0 Å². The lowest BCUT2D eigenvalue weighted by Crippen LogP contribution is -2.19. The number of nitrogens with one attached hydrogen (secondary N) is 1. The minimum absolute atomic E-state index is 0.423. The van der Waals surface area contributed by atoms with Gasteiger partial charge in [0.1, 0.15) is 5.82 Å². The van der Waals surface area contributed by atoms with Crippen LogP contribution in [0.5, 0.6) is 0 Å². The molecule has 1 saturated carbocycles. The van der Waals surface area contributed by atoms with E-state index < -0.39 is 5.60 Å². The number of imidazole rings is 1. The number of H-pyrrole nitrogens is 1. The van der Waals surface area contributed by atoms with Crippen molar-refractivity contribution in [2.75, 3.05) is 0 Å². The van der Waals surface area contributed by atoms with Crippen molar-refractivity contribution in [2.24, 2.45) is 5.92 Å². The number of benzene rings is 4. The van der Waals surface area contributed by atoms with Crippen LogP contribution in [-0.4, -0.2) is 20.7 Å². The fourth-order valence-electron chi connectivity index (χ4n) is 5.32. The van der Waals surface area contributed by atoms with Gasteiger partial charge in [-0.1, -0.05) is 42.5 Å². The van der Waals surface area contributed by atoms with Crippen LogP contribution in [0.4, 0.5) is 0 Å². The second-order valence-corrected chi connectivity index (χ2v) is 11.0. The van der Waals surface area contributed by atoms with Gasteiger partial charge in [0.15, 0.2) is 0 Å². The first kappa shape index (κ1) is 23.2. The van der Waals surface area contributed by atoms with E-state index in [-0.39, 0.29) is 0 Å². The Kier molecular flexibility index (Phi) is 5.48. The highest BCUT2D eigenvalue weighted by Gasteiger charge is 2.23. The molecule has 0 saturated heterocycles. The smallest absolute Gasteiger partial charge is 0.141 e. The van der Waals surface area contributed by atoms with Crippen molar-refractivity contribution in [3.05, 3.63) is 76.9 Å². The average Bonchev–Trinajstić information content (AvgIpc) is 3.60. The fourth-order valence-corrected chi connectivity index (χ4v) is 5.32. The van der Waals surface area contributed by atoms with Crippen LogP contribution in [0.2, 0.25) is 0 Å². The Morgan fingerprint density at radius 2 is 1.57 bits per heavy atom. The van der Waals surface area contributed by atoms with Crippen molar-refractivity contribution >= 4 is 32.6 Å². The molecule has 0 bridgehead atoms. The van der Waals surface area contributed by atoms with E-state index in [4.69, 9.17) is 4.98 Å². The van der Waals surface area contributed by atoms with E-state index in [9.17, 15) is 15.6 Å². The van der Waals surface area contributed by atoms with Gasteiger partial charge in [0.25, 0.3) is 0 Å². The van der Waals surface area contributed by atoms with E-state index in [1.807, 2.05) is 13.8 Å². The molecule has 6 rings (SSSR count). The van der Waals surface area contributed by atoms with Crippen molar-refractivity contribution in [2.45, 2.75) is 51.6 Å². The van der Waals surface area contributed by atoms with Crippen LogP contribution in [0.25, 0.3) is 44.0 Å². The fraction of sp³-hybridized carbons (Fsp3) is 0.281. The first-order valence-corrected chi connectivity index (χ1v) is 12.9. The summed E-state index contributed by atoms with van der Waals surface area (Å²) in [7, 11) is 0. The summed E-state index contributed by atoms with van der Waals surface area (Å²) in [5, 5.41) is 34.2. The number of nitrogens with zero attached hydrogens (tertiary/aromatic N) is 3. The maximum Gasteiger partial charge on any atom is 0.141 e. The van der Waals surface area contributed by atoms with E-state index in [0.29, 0.717) is 28.9 Å². The summed E-state index contributed by atoms with van der Waals surface area (Å²) < 4.78 is 0. The summed E-state index contributed by atoms with van der Waals surface area (Å²) in [6.45, 7) is 3.69. The van der Waals surface area contributed by atoms with Gasteiger partial charge in [0, 0.05) is 10.8 Å². The normalized spacial score (nSPS) is 13.8. The molecule has 0 aliphatic heterocycles. The van der Waals surface area contributed by atoms with Gasteiger partial charge in [-0.05, 0) is 85.9 Å². The highest BCUT2D eigenvalue weighted by molar-refractivity contribution is 6.23. The van der Waals surface area contributed by atoms with Crippen LogP contribution in [0.3, 0.4) is 0 Å². The standard InChI is InChI=1S/C32H28N4O/c1-32(2,37)13-12-20-8-10-24-26(15-20)27-16-21(14-19-6-7-19)9-11-25(27)30-29(24)35-31(36-30)28-22(17-33)4-3-5-23(28)18-34/h3-5,8-11,15-16,19,37H,6-7,12-14H2,1-2H3,(H,35,36). The predicted molar refractivity (Wildman–Crippen MR) is 147 cm³/mol. The largest absolute Gasteiger partial charge is 0.390 e. The van der Waals surface area contributed by atoms with E-state index >= 15 is 0 Å². The summed E-state index contributed by atoms with van der Waals surface area (Å²) in [5.41, 5.74) is 4.94. The Hall–Kier alpha value is -4.19. The number of nitriles is 2. The SMILES string of the molecule is CC(C)(O)CCc1ccc2c(c1)c1cc(CC3CC3)ccc1c1[nH]c(-c3c(C#N)cccc3C#N)nc21. The number of aryl methyl sites for hydroxylation is 1. The third kappa shape index (κ3) is 4.33. The topological polar surface area (TPSA) is 96.5 Å². The second kappa shape index (κ2) is 8.73. The van der Waals surface area contributed by atoms with Crippen LogP contribution >= 0.6 is 0 Å². The van der Waals surface area contributed by atoms with E-state index in [0.717, 1.165) is 46.0 Å². The van der Waals surface area contributed by atoms with E-state index in [1.165, 1.54) is 29.4 Å². The molecule has 5 heteroatoms. The van der Waals surface area contributed by atoms with Gasteiger partial charge >= 0.3 is 0 Å². The van der Waals surface area contributed by atoms with Crippen molar-refractivity contribution in [1.29, 1.82) is 10.5 Å². The molecule has 1 aromatic heterocycles. The van der Waals surface area contributed by atoms with Crippen LogP contribution < -0.4 is 0 Å². The Bertz CT molecular complexity index is 1740. The van der Waals surface area contributed by atoms with Gasteiger partial charge < -0.3 is 10.1 Å². The zero-order chi connectivity index (χ0) is 25.7. The summed E-state index contributed by atoms with van der Waals surface area (Å²) in [6, 6.07) is 22.8. The number of hydrogen-bond donors (Lipinski definition) is 2. The number of aliphatic hydroxyl groups is 1. The Morgan fingerprint density at radius 3 is 2.24 bits per heavy atom. The lowest BCUT2D eigenvalue weighted by molar-refractivity contribution is 0.0714. The minimum atomic E-state index is -0.720. The monoisotopic (exact) mass is 484 g/mol. The molecule has 0 radical (unpaired) electrons. The first-order valence-electron chi connectivity index (χ1n) is 12.9. The number of aromatic amines is 1. The number of aromatic nitrogens is 2. The van der Waals surface area contributed by atoms with Gasteiger partial charge in [0.05, 0.1) is 45.5 Å². The van der Waals surface area contributed by atoms with Gasteiger partial charge in [-0.25, -0.2) is 4.98 Å². The van der Waals surface area contributed by atoms with Gasteiger partial charge in [0.2, 0.25) is 0 Å². The van der Waals surface area contributed by atoms with Crippen LogP contribution in [0.15, 0.2) is 54.6 Å². The van der Waals surface area contributed by atoms with Crippen molar-refractivity contribution in [3.8, 4) is 23.5 Å².